The van der Waals surface area contributed by atoms with Gasteiger partial charge in [-0.25, -0.2) is 0 Å². The first kappa shape index (κ1) is 19.3. The van der Waals surface area contributed by atoms with Gasteiger partial charge in [0, 0.05) is 5.56 Å². The van der Waals surface area contributed by atoms with Crippen molar-refractivity contribution >= 4 is 11.8 Å². The minimum atomic E-state index is -0.907. The van der Waals surface area contributed by atoms with Crippen molar-refractivity contribution < 1.29 is 19.1 Å². The molecule has 2 amide bonds. The van der Waals surface area contributed by atoms with Gasteiger partial charge >= 0.3 is 0 Å². The fourth-order valence-electron chi connectivity index (χ4n) is 2.43. The van der Waals surface area contributed by atoms with E-state index in [1.165, 1.54) is 7.11 Å². The number of unbranched alkanes of at least 4 members (excludes halogenated alkanes) is 1. The maximum atomic E-state index is 12.6. The number of benzene rings is 2. The van der Waals surface area contributed by atoms with Crippen molar-refractivity contribution in [3.05, 3.63) is 59.7 Å². The van der Waals surface area contributed by atoms with Crippen LogP contribution in [0.4, 0.5) is 0 Å². The highest BCUT2D eigenvalue weighted by Crippen LogP contribution is 2.28. The van der Waals surface area contributed by atoms with Crippen LogP contribution in [0.25, 0.3) is 0 Å². The maximum absolute atomic E-state index is 12.6. The van der Waals surface area contributed by atoms with Crippen LogP contribution in [0.5, 0.6) is 11.5 Å². The molecule has 0 bridgehead atoms. The Morgan fingerprint density at radius 2 is 1.85 bits per heavy atom. The average molecular weight is 356 g/mol. The molecule has 0 fully saturated rings. The van der Waals surface area contributed by atoms with Crippen LogP contribution in [0.2, 0.25) is 0 Å². The summed E-state index contributed by atoms with van der Waals surface area (Å²) in [5.74, 6) is -0.0109. The van der Waals surface area contributed by atoms with Crippen LogP contribution >= 0.6 is 0 Å². The lowest BCUT2D eigenvalue weighted by Crippen LogP contribution is -2.37. The molecule has 0 saturated heterocycles. The van der Waals surface area contributed by atoms with Gasteiger partial charge in [-0.2, -0.15) is 0 Å². The fraction of sp³-hybridized carbons (Fsp3) is 0.300. The zero-order valence-corrected chi connectivity index (χ0v) is 15.0. The van der Waals surface area contributed by atoms with E-state index in [1.807, 2.05) is 6.07 Å². The van der Waals surface area contributed by atoms with Gasteiger partial charge in [0.05, 0.1) is 13.7 Å². The molecule has 0 aliphatic heterocycles. The first-order valence-corrected chi connectivity index (χ1v) is 8.52. The number of nitrogens with two attached hydrogens (primary N) is 1. The molecule has 6 nitrogen and oxygen atoms in total. The largest absolute Gasteiger partial charge is 0.493 e. The van der Waals surface area contributed by atoms with E-state index in [0.29, 0.717) is 29.2 Å². The second-order valence-corrected chi connectivity index (χ2v) is 5.79. The van der Waals surface area contributed by atoms with Crippen LogP contribution < -0.4 is 20.5 Å². The molecule has 3 N–H and O–H groups in total. The lowest BCUT2D eigenvalue weighted by Gasteiger charge is -2.17. The van der Waals surface area contributed by atoms with Crippen LogP contribution in [-0.4, -0.2) is 25.5 Å². The number of methoxy groups -OCH3 is 1. The smallest absolute Gasteiger partial charge is 0.252 e. The molecule has 26 heavy (non-hydrogen) atoms. The number of primary amides is 1. The number of amides is 2. The minimum absolute atomic E-state index is 0.354. The van der Waals surface area contributed by atoms with Gasteiger partial charge in [0.1, 0.15) is 6.04 Å². The Morgan fingerprint density at radius 3 is 2.46 bits per heavy atom. The van der Waals surface area contributed by atoms with Crippen LogP contribution in [0, 0.1) is 0 Å². The van der Waals surface area contributed by atoms with E-state index in [9.17, 15) is 9.59 Å². The molecule has 0 radical (unpaired) electrons. The molecule has 0 aromatic heterocycles. The third kappa shape index (κ3) is 4.99. The van der Waals surface area contributed by atoms with Gasteiger partial charge in [-0.05, 0) is 30.2 Å². The first-order chi connectivity index (χ1) is 12.6. The van der Waals surface area contributed by atoms with Gasteiger partial charge in [-0.3, -0.25) is 9.59 Å². The quantitative estimate of drug-likeness (QED) is 0.676. The van der Waals surface area contributed by atoms with Gasteiger partial charge in [-0.1, -0.05) is 43.7 Å². The summed E-state index contributed by atoms with van der Waals surface area (Å²) in [6, 6.07) is 12.8. The summed E-state index contributed by atoms with van der Waals surface area (Å²) in [6.07, 6.45) is 1.96. The molecule has 2 aromatic rings. The standard InChI is InChI=1S/C20H24N2O4/c1-3-4-12-26-16-11-10-15(13-17(16)25-2)20(24)22-18(19(21)23)14-8-6-5-7-9-14/h5-11,13,18H,3-4,12H2,1-2H3,(H2,21,23)(H,22,24)/t18-/m1/s1. The average Bonchev–Trinajstić information content (AvgIpc) is 2.66. The summed E-state index contributed by atoms with van der Waals surface area (Å²) in [5, 5.41) is 2.66. The van der Waals surface area contributed by atoms with Crippen molar-refractivity contribution in [3.63, 3.8) is 0 Å². The number of rotatable bonds is 9. The summed E-state index contributed by atoms with van der Waals surface area (Å²) in [5.41, 5.74) is 6.42. The summed E-state index contributed by atoms with van der Waals surface area (Å²) in [4.78, 5) is 24.3. The SMILES string of the molecule is CCCCOc1ccc(C(=O)N[C@@H](C(N)=O)c2ccccc2)cc1OC. The van der Waals surface area contributed by atoms with Crippen LogP contribution in [0.1, 0.15) is 41.7 Å². The molecule has 0 aliphatic carbocycles. The minimum Gasteiger partial charge on any atom is -0.493 e. The highest BCUT2D eigenvalue weighted by atomic mass is 16.5. The van der Waals surface area contributed by atoms with Crippen LogP contribution in [0.15, 0.2) is 48.5 Å². The predicted octanol–water partition coefficient (Wildman–Crippen LogP) is 2.83. The third-order valence-electron chi connectivity index (χ3n) is 3.87. The monoisotopic (exact) mass is 356 g/mol. The van der Waals surface area contributed by atoms with Gasteiger partial charge in [0.15, 0.2) is 11.5 Å². The van der Waals surface area contributed by atoms with Crippen molar-refractivity contribution in [2.75, 3.05) is 13.7 Å². The normalized spacial score (nSPS) is 11.5. The van der Waals surface area contributed by atoms with E-state index in [2.05, 4.69) is 12.2 Å². The predicted molar refractivity (Wildman–Crippen MR) is 99.2 cm³/mol. The van der Waals surface area contributed by atoms with Crippen molar-refractivity contribution in [1.82, 2.24) is 5.32 Å². The van der Waals surface area contributed by atoms with Crippen molar-refractivity contribution in [2.45, 2.75) is 25.8 Å². The summed E-state index contributed by atoms with van der Waals surface area (Å²) in [6.45, 7) is 2.66. The molecule has 0 spiro atoms. The van der Waals surface area contributed by atoms with E-state index >= 15 is 0 Å². The first-order valence-electron chi connectivity index (χ1n) is 8.52. The molecule has 2 aromatic carbocycles. The second-order valence-electron chi connectivity index (χ2n) is 5.79. The highest BCUT2D eigenvalue weighted by molar-refractivity contribution is 5.98. The van der Waals surface area contributed by atoms with Gasteiger partial charge in [0.25, 0.3) is 5.91 Å². The molecular weight excluding hydrogens is 332 g/mol. The molecule has 6 heteroatoms. The Labute approximate surface area is 153 Å². The number of nitrogens with one attached hydrogen (secondary N) is 1. The molecule has 138 valence electrons. The molecular formula is C20H24N2O4. The number of carbonyl (C=O) groups excluding carboxylic acids is 2. The molecule has 2 rings (SSSR count). The van der Waals surface area contributed by atoms with E-state index in [0.717, 1.165) is 12.8 Å². The number of hydrogen-bond donors (Lipinski definition) is 2. The molecule has 0 unspecified atom stereocenters. The fourth-order valence-corrected chi connectivity index (χ4v) is 2.43. The maximum Gasteiger partial charge on any atom is 0.252 e. The molecule has 0 heterocycles. The van der Waals surface area contributed by atoms with Gasteiger partial charge in [-0.15, -0.1) is 0 Å². The van der Waals surface area contributed by atoms with Crippen LogP contribution in [-0.2, 0) is 4.79 Å². The zero-order valence-electron chi connectivity index (χ0n) is 15.0. The Bertz CT molecular complexity index is 747. The van der Waals surface area contributed by atoms with Crippen molar-refractivity contribution in [1.29, 1.82) is 0 Å². The highest BCUT2D eigenvalue weighted by Gasteiger charge is 2.21. The molecule has 0 saturated carbocycles. The van der Waals surface area contributed by atoms with Crippen molar-refractivity contribution in [2.24, 2.45) is 5.73 Å². The topological polar surface area (TPSA) is 90.6 Å². The van der Waals surface area contributed by atoms with E-state index in [-0.39, 0.29) is 0 Å². The molecule has 0 aliphatic rings. The van der Waals surface area contributed by atoms with Gasteiger partial charge in [0.2, 0.25) is 5.91 Å². The molecule has 1 atom stereocenters. The Morgan fingerprint density at radius 1 is 1.12 bits per heavy atom. The Kier molecular flexibility index (Phi) is 7.02. The third-order valence-corrected chi connectivity index (χ3v) is 3.87. The number of carbonyl (C=O) groups is 2. The Hall–Kier alpha value is -3.02. The zero-order chi connectivity index (χ0) is 18.9. The lowest BCUT2D eigenvalue weighted by molar-refractivity contribution is -0.120. The summed E-state index contributed by atoms with van der Waals surface area (Å²) >= 11 is 0. The lowest BCUT2D eigenvalue weighted by atomic mass is 10.1. The van der Waals surface area contributed by atoms with E-state index in [4.69, 9.17) is 15.2 Å². The Balaban J connectivity index is 2.16. The summed E-state index contributed by atoms with van der Waals surface area (Å²) < 4.78 is 11.0. The van der Waals surface area contributed by atoms with E-state index < -0.39 is 17.9 Å². The van der Waals surface area contributed by atoms with E-state index in [1.54, 1.807) is 42.5 Å². The van der Waals surface area contributed by atoms with Crippen molar-refractivity contribution in [3.8, 4) is 11.5 Å². The number of ether oxygens (including phenoxy) is 2. The van der Waals surface area contributed by atoms with Crippen LogP contribution in [0.3, 0.4) is 0 Å². The summed E-state index contributed by atoms with van der Waals surface area (Å²) in [7, 11) is 1.51. The second kappa shape index (κ2) is 9.46. The number of hydrogen-bond acceptors (Lipinski definition) is 4. The van der Waals surface area contributed by atoms with Gasteiger partial charge < -0.3 is 20.5 Å².